The Kier molecular flexibility index (Phi) is 2.99. The fourth-order valence-corrected chi connectivity index (χ4v) is 2.85. The molecule has 22 heavy (non-hydrogen) atoms. The quantitative estimate of drug-likeness (QED) is 0.628. The van der Waals surface area contributed by atoms with Gasteiger partial charge in [-0.25, -0.2) is 9.13 Å². The number of benzene rings is 1. The SMILES string of the molecule is Cn1cc[n+](C)c1N=Nc1cc2c3c(c1)OCCN3CCO2. The zero-order valence-corrected chi connectivity index (χ0v) is 12.7. The van der Waals surface area contributed by atoms with E-state index in [0.717, 1.165) is 41.9 Å². The van der Waals surface area contributed by atoms with Crippen LogP contribution in [-0.2, 0) is 14.1 Å². The highest BCUT2D eigenvalue weighted by atomic mass is 16.5. The zero-order chi connectivity index (χ0) is 15.1. The summed E-state index contributed by atoms with van der Waals surface area (Å²) in [4.78, 5) is 2.30. The van der Waals surface area contributed by atoms with E-state index < -0.39 is 0 Å². The second kappa shape index (κ2) is 5.01. The maximum Gasteiger partial charge on any atom is 0.421 e. The van der Waals surface area contributed by atoms with Gasteiger partial charge >= 0.3 is 5.95 Å². The number of ether oxygens (including phenoxy) is 2. The molecule has 114 valence electrons. The minimum Gasteiger partial charge on any atom is -0.489 e. The Morgan fingerprint density at radius 2 is 1.77 bits per heavy atom. The van der Waals surface area contributed by atoms with Crippen LogP contribution in [0.5, 0.6) is 11.5 Å². The smallest absolute Gasteiger partial charge is 0.421 e. The fourth-order valence-electron chi connectivity index (χ4n) is 2.85. The first-order valence-electron chi connectivity index (χ1n) is 7.33. The number of nitrogens with zero attached hydrogens (tertiary/aromatic N) is 5. The molecule has 2 aliphatic rings. The highest BCUT2D eigenvalue weighted by molar-refractivity contribution is 5.74. The number of aryl methyl sites for hydroxylation is 2. The van der Waals surface area contributed by atoms with Crippen LogP contribution >= 0.6 is 0 Å². The van der Waals surface area contributed by atoms with Crippen LogP contribution in [0.25, 0.3) is 0 Å². The molecule has 0 N–H and O–H groups in total. The van der Waals surface area contributed by atoms with Crippen LogP contribution in [0, 0.1) is 0 Å². The first-order valence-corrected chi connectivity index (χ1v) is 7.33. The first-order chi connectivity index (χ1) is 10.7. The Hall–Kier alpha value is -2.57. The Balaban J connectivity index is 1.72. The molecule has 0 amide bonds. The normalized spacial score (nSPS) is 16.4. The van der Waals surface area contributed by atoms with Crippen molar-refractivity contribution in [2.45, 2.75) is 0 Å². The average Bonchev–Trinajstić information content (AvgIpc) is 2.84. The summed E-state index contributed by atoms with van der Waals surface area (Å²) in [5, 5.41) is 8.66. The van der Waals surface area contributed by atoms with E-state index in [1.165, 1.54) is 0 Å². The highest BCUT2D eigenvalue weighted by Gasteiger charge is 2.27. The van der Waals surface area contributed by atoms with E-state index in [1.54, 1.807) is 0 Å². The lowest BCUT2D eigenvalue weighted by Crippen LogP contribution is -2.38. The first kappa shape index (κ1) is 13.1. The third-order valence-corrected chi connectivity index (χ3v) is 3.98. The lowest BCUT2D eigenvalue weighted by molar-refractivity contribution is -0.657. The van der Waals surface area contributed by atoms with E-state index in [1.807, 2.05) is 47.8 Å². The molecule has 7 heteroatoms. The van der Waals surface area contributed by atoms with Crippen LogP contribution in [0.3, 0.4) is 0 Å². The predicted octanol–water partition coefficient (Wildman–Crippen LogP) is 1.86. The summed E-state index contributed by atoms with van der Waals surface area (Å²) in [6.07, 6.45) is 3.88. The standard InChI is InChI=1S/C15H18N5O2/c1-18-3-4-19(2)15(18)17-16-11-9-12-14-13(10-11)22-8-6-20(14)5-7-21-12/h3-4,9-10H,5-8H2,1-2H3/q+1. The van der Waals surface area contributed by atoms with Gasteiger partial charge in [-0.05, 0) is 0 Å². The van der Waals surface area contributed by atoms with E-state index in [4.69, 9.17) is 9.47 Å². The minimum absolute atomic E-state index is 0.694. The Bertz CT molecular complexity index is 702. The number of hydrogen-bond acceptors (Lipinski definition) is 5. The van der Waals surface area contributed by atoms with Crippen molar-refractivity contribution in [2.24, 2.45) is 24.3 Å². The minimum atomic E-state index is 0.694. The van der Waals surface area contributed by atoms with Gasteiger partial charge in [-0.3, -0.25) is 0 Å². The summed E-state index contributed by atoms with van der Waals surface area (Å²) < 4.78 is 15.4. The number of azo groups is 1. The van der Waals surface area contributed by atoms with Crippen LogP contribution < -0.4 is 18.9 Å². The number of rotatable bonds is 2. The average molecular weight is 300 g/mol. The van der Waals surface area contributed by atoms with Gasteiger partial charge in [0.2, 0.25) is 0 Å². The highest BCUT2D eigenvalue weighted by Crippen LogP contribution is 2.45. The number of hydrogen-bond donors (Lipinski definition) is 0. The van der Waals surface area contributed by atoms with Crippen LogP contribution in [-0.4, -0.2) is 30.9 Å². The molecule has 0 aliphatic carbocycles. The van der Waals surface area contributed by atoms with Gasteiger partial charge in [0, 0.05) is 17.2 Å². The van der Waals surface area contributed by atoms with Crippen LogP contribution in [0.2, 0.25) is 0 Å². The molecule has 4 rings (SSSR count). The van der Waals surface area contributed by atoms with Gasteiger partial charge in [-0.1, -0.05) is 5.11 Å². The van der Waals surface area contributed by atoms with Gasteiger partial charge in [0.15, 0.2) is 0 Å². The Morgan fingerprint density at radius 1 is 1.09 bits per heavy atom. The Morgan fingerprint density at radius 3 is 2.36 bits per heavy atom. The third kappa shape index (κ3) is 2.09. The lowest BCUT2D eigenvalue weighted by atomic mass is 10.1. The molecule has 0 spiro atoms. The second-order valence-electron chi connectivity index (χ2n) is 5.49. The molecule has 1 aromatic carbocycles. The van der Waals surface area contributed by atoms with Crippen molar-refractivity contribution in [3.8, 4) is 11.5 Å². The molecule has 2 aliphatic heterocycles. The monoisotopic (exact) mass is 300 g/mol. The fraction of sp³-hybridized carbons (Fsp3) is 0.400. The van der Waals surface area contributed by atoms with Crippen LogP contribution in [0.4, 0.5) is 17.3 Å². The summed E-state index contributed by atoms with van der Waals surface area (Å²) in [6.45, 7) is 3.20. The molecule has 0 saturated carbocycles. The van der Waals surface area contributed by atoms with Crippen molar-refractivity contribution in [1.29, 1.82) is 0 Å². The van der Waals surface area contributed by atoms with Crippen LogP contribution in [0.1, 0.15) is 0 Å². The molecule has 7 nitrogen and oxygen atoms in total. The maximum absolute atomic E-state index is 5.76. The molecule has 2 aromatic rings. The molecule has 0 atom stereocenters. The van der Waals surface area contributed by atoms with E-state index in [2.05, 4.69) is 15.1 Å². The third-order valence-electron chi connectivity index (χ3n) is 3.98. The van der Waals surface area contributed by atoms with Gasteiger partial charge in [0.25, 0.3) is 0 Å². The van der Waals surface area contributed by atoms with E-state index in [0.29, 0.717) is 13.2 Å². The summed E-state index contributed by atoms with van der Waals surface area (Å²) >= 11 is 0. The van der Waals surface area contributed by atoms with Crippen molar-refractivity contribution >= 4 is 17.3 Å². The number of imidazole rings is 1. The van der Waals surface area contributed by atoms with Gasteiger partial charge in [-0.2, -0.15) is 0 Å². The molecule has 0 saturated heterocycles. The summed E-state index contributed by atoms with van der Waals surface area (Å²) in [6, 6.07) is 3.85. The van der Waals surface area contributed by atoms with Crippen LogP contribution in [0.15, 0.2) is 34.8 Å². The van der Waals surface area contributed by atoms with Crippen molar-refractivity contribution < 1.29 is 14.0 Å². The van der Waals surface area contributed by atoms with E-state index in [9.17, 15) is 0 Å². The molecular weight excluding hydrogens is 282 g/mol. The number of aromatic nitrogens is 2. The second-order valence-corrected chi connectivity index (χ2v) is 5.49. The molecule has 0 bridgehead atoms. The molecule has 0 radical (unpaired) electrons. The van der Waals surface area contributed by atoms with E-state index >= 15 is 0 Å². The maximum atomic E-state index is 5.76. The van der Waals surface area contributed by atoms with Gasteiger partial charge < -0.3 is 14.4 Å². The Labute approximate surface area is 128 Å². The van der Waals surface area contributed by atoms with Crippen molar-refractivity contribution in [1.82, 2.24) is 4.57 Å². The molecule has 1 aromatic heterocycles. The molecular formula is C15H18N5O2+. The van der Waals surface area contributed by atoms with Gasteiger partial charge in [-0.15, -0.1) is 0 Å². The lowest BCUT2D eigenvalue weighted by Gasteiger charge is -2.35. The van der Waals surface area contributed by atoms with Crippen molar-refractivity contribution in [2.75, 3.05) is 31.2 Å². The summed E-state index contributed by atoms with van der Waals surface area (Å²) in [5.74, 6) is 2.43. The van der Waals surface area contributed by atoms with Gasteiger partial charge in [0.1, 0.15) is 36.1 Å². The van der Waals surface area contributed by atoms with E-state index in [-0.39, 0.29) is 0 Å². The zero-order valence-electron chi connectivity index (χ0n) is 12.7. The molecule has 0 fully saturated rings. The molecule has 3 heterocycles. The predicted molar refractivity (Wildman–Crippen MR) is 80.4 cm³/mol. The largest absolute Gasteiger partial charge is 0.489 e. The molecule has 0 unspecified atom stereocenters. The van der Waals surface area contributed by atoms with Crippen molar-refractivity contribution in [3.63, 3.8) is 0 Å². The topological polar surface area (TPSA) is 55.2 Å². The number of anilines is 1. The van der Waals surface area contributed by atoms with Gasteiger partial charge in [0.05, 0.1) is 39.6 Å². The summed E-state index contributed by atoms with van der Waals surface area (Å²) in [7, 11) is 3.88. The van der Waals surface area contributed by atoms with Crippen molar-refractivity contribution in [3.05, 3.63) is 24.5 Å². The summed E-state index contributed by atoms with van der Waals surface area (Å²) in [5.41, 5.74) is 1.78.